The third kappa shape index (κ3) is 0.845. The summed E-state index contributed by atoms with van der Waals surface area (Å²) in [6.07, 6.45) is 1.12. The fourth-order valence-corrected chi connectivity index (χ4v) is 1.20. The molecule has 0 saturated carbocycles. The van der Waals surface area contributed by atoms with E-state index < -0.39 is 5.82 Å². The van der Waals surface area contributed by atoms with Gasteiger partial charge in [-0.05, 0) is 13.0 Å². The molecule has 3 nitrogen and oxygen atoms in total. The predicted octanol–water partition coefficient (Wildman–Crippen LogP) is 1.59. The van der Waals surface area contributed by atoms with Gasteiger partial charge in [-0.2, -0.15) is 0 Å². The average Bonchev–Trinajstić information content (AvgIpc) is 2.39. The Bertz CT molecular complexity index is 433. The molecular weight excluding hydrogens is 157 g/mol. The van der Waals surface area contributed by atoms with Gasteiger partial charge in [0.1, 0.15) is 5.65 Å². The van der Waals surface area contributed by atoms with E-state index in [9.17, 15) is 4.39 Å². The van der Waals surface area contributed by atoms with Crippen molar-refractivity contribution >= 4 is 16.7 Å². The van der Waals surface area contributed by atoms with Crippen LogP contribution in [-0.4, -0.2) is 9.97 Å². The number of halogens is 1. The lowest BCUT2D eigenvalue weighted by Crippen LogP contribution is -1.92. The van der Waals surface area contributed by atoms with Crippen molar-refractivity contribution in [3.05, 3.63) is 23.8 Å². The number of rotatable bonds is 0. The van der Waals surface area contributed by atoms with Crippen LogP contribution in [0.25, 0.3) is 11.0 Å². The molecule has 12 heavy (non-hydrogen) atoms. The number of aryl methyl sites for hydroxylation is 1. The SMILES string of the molecule is Cc1cc2c(N)c(F)cnc2[nH]1. The Balaban J connectivity index is 2.89. The zero-order chi connectivity index (χ0) is 8.72. The van der Waals surface area contributed by atoms with Gasteiger partial charge in [0, 0.05) is 11.1 Å². The molecule has 0 aromatic carbocycles. The Hall–Kier alpha value is -1.58. The number of hydrogen-bond donors (Lipinski definition) is 2. The second kappa shape index (κ2) is 2.20. The number of fused-ring (bicyclic) bond motifs is 1. The molecule has 0 fully saturated rings. The first-order chi connectivity index (χ1) is 5.68. The van der Waals surface area contributed by atoms with Crippen LogP contribution in [0.3, 0.4) is 0 Å². The van der Waals surface area contributed by atoms with Crippen LogP contribution in [0.5, 0.6) is 0 Å². The van der Waals surface area contributed by atoms with Gasteiger partial charge in [0.15, 0.2) is 5.82 Å². The van der Waals surface area contributed by atoms with Crippen LogP contribution < -0.4 is 5.73 Å². The molecule has 2 heterocycles. The smallest absolute Gasteiger partial charge is 0.165 e. The third-order valence-corrected chi connectivity index (χ3v) is 1.79. The van der Waals surface area contributed by atoms with E-state index in [2.05, 4.69) is 9.97 Å². The number of anilines is 1. The molecule has 0 saturated heterocycles. The summed E-state index contributed by atoms with van der Waals surface area (Å²) in [6.45, 7) is 1.87. The molecule has 0 aliphatic heterocycles. The Labute approximate surface area is 68.4 Å². The molecule has 0 unspecified atom stereocenters. The van der Waals surface area contributed by atoms with Gasteiger partial charge in [0.25, 0.3) is 0 Å². The van der Waals surface area contributed by atoms with Gasteiger partial charge >= 0.3 is 0 Å². The minimum Gasteiger partial charge on any atom is -0.396 e. The van der Waals surface area contributed by atoms with E-state index in [-0.39, 0.29) is 5.69 Å². The number of H-pyrrole nitrogens is 1. The molecular formula is C8H8FN3. The van der Waals surface area contributed by atoms with Crippen LogP contribution in [0.1, 0.15) is 5.69 Å². The molecule has 4 heteroatoms. The van der Waals surface area contributed by atoms with Crippen molar-refractivity contribution < 1.29 is 4.39 Å². The van der Waals surface area contributed by atoms with E-state index in [1.807, 2.05) is 6.92 Å². The van der Waals surface area contributed by atoms with E-state index in [4.69, 9.17) is 5.73 Å². The number of nitrogen functional groups attached to an aromatic ring is 1. The lowest BCUT2D eigenvalue weighted by Gasteiger charge is -1.95. The van der Waals surface area contributed by atoms with E-state index in [0.717, 1.165) is 11.9 Å². The van der Waals surface area contributed by atoms with Gasteiger partial charge in [0.2, 0.25) is 0 Å². The highest BCUT2D eigenvalue weighted by Crippen LogP contribution is 2.21. The molecule has 0 radical (unpaired) electrons. The maximum Gasteiger partial charge on any atom is 0.165 e. The van der Waals surface area contributed by atoms with Gasteiger partial charge in [0.05, 0.1) is 11.9 Å². The van der Waals surface area contributed by atoms with Gasteiger partial charge < -0.3 is 10.7 Å². The third-order valence-electron chi connectivity index (χ3n) is 1.79. The second-order valence-electron chi connectivity index (χ2n) is 2.73. The molecule has 0 atom stereocenters. The van der Waals surface area contributed by atoms with Crippen molar-refractivity contribution in [1.82, 2.24) is 9.97 Å². The van der Waals surface area contributed by atoms with Crippen LogP contribution in [0, 0.1) is 12.7 Å². The molecule has 2 aromatic rings. The van der Waals surface area contributed by atoms with Crippen LogP contribution in [0.15, 0.2) is 12.3 Å². The number of nitrogens with two attached hydrogens (primary N) is 1. The highest BCUT2D eigenvalue weighted by atomic mass is 19.1. The number of aromatic nitrogens is 2. The number of pyridine rings is 1. The first-order valence-corrected chi connectivity index (χ1v) is 3.58. The van der Waals surface area contributed by atoms with Crippen molar-refractivity contribution in [2.45, 2.75) is 6.92 Å². The number of aromatic amines is 1. The highest BCUT2D eigenvalue weighted by molar-refractivity contribution is 5.88. The van der Waals surface area contributed by atoms with Crippen LogP contribution in [0.2, 0.25) is 0 Å². The fraction of sp³-hybridized carbons (Fsp3) is 0.125. The summed E-state index contributed by atoms with van der Waals surface area (Å²) in [5, 5.41) is 0.646. The highest BCUT2D eigenvalue weighted by Gasteiger charge is 2.06. The number of nitrogens with zero attached hydrogens (tertiary/aromatic N) is 1. The minimum atomic E-state index is -0.471. The molecule has 0 bridgehead atoms. The largest absolute Gasteiger partial charge is 0.396 e. The summed E-state index contributed by atoms with van der Waals surface area (Å²) in [7, 11) is 0. The Kier molecular flexibility index (Phi) is 1.30. The zero-order valence-corrected chi connectivity index (χ0v) is 6.56. The Morgan fingerprint density at radius 2 is 2.33 bits per heavy atom. The Morgan fingerprint density at radius 1 is 1.58 bits per heavy atom. The van der Waals surface area contributed by atoms with Gasteiger partial charge in [-0.25, -0.2) is 9.37 Å². The van der Waals surface area contributed by atoms with E-state index >= 15 is 0 Å². The van der Waals surface area contributed by atoms with E-state index in [1.165, 1.54) is 0 Å². The van der Waals surface area contributed by atoms with Gasteiger partial charge in [-0.15, -0.1) is 0 Å². The number of hydrogen-bond acceptors (Lipinski definition) is 2. The van der Waals surface area contributed by atoms with Gasteiger partial charge in [-0.3, -0.25) is 0 Å². The molecule has 2 aromatic heterocycles. The van der Waals surface area contributed by atoms with Crippen LogP contribution >= 0.6 is 0 Å². The van der Waals surface area contributed by atoms with Crippen molar-refractivity contribution in [1.29, 1.82) is 0 Å². The Morgan fingerprint density at radius 3 is 3.08 bits per heavy atom. The topological polar surface area (TPSA) is 54.7 Å². The lowest BCUT2D eigenvalue weighted by atomic mass is 10.3. The average molecular weight is 165 g/mol. The normalized spacial score (nSPS) is 10.8. The molecule has 0 aliphatic carbocycles. The zero-order valence-electron chi connectivity index (χ0n) is 6.56. The molecule has 0 spiro atoms. The summed E-state index contributed by atoms with van der Waals surface area (Å²) < 4.78 is 12.9. The monoisotopic (exact) mass is 165 g/mol. The van der Waals surface area contributed by atoms with Crippen molar-refractivity contribution in [2.24, 2.45) is 0 Å². The summed E-state index contributed by atoms with van der Waals surface area (Å²) in [5.74, 6) is -0.471. The molecule has 2 rings (SSSR count). The molecule has 62 valence electrons. The second-order valence-corrected chi connectivity index (χ2v) is 2.73. The predicted molar refractivity (Wildman–Crippen MR) is 45.2 cm³/mol. The quantitative estimate of drug-likeness (QED) is 0.622. The molecule has 0 amide bonds. The number of nitrogens with one attached hydrogen (secondary N) is 1. The first kappa shape index (κ1) is 7.09. The van der Waals surface area contributed by atoms with E-state index in [0.29, 0.717) is 11.0 Å². The van der Waals surface area contributed by atoms with Crippen molar-refractivity contribution in [2.75, 3.05) is 5.73 Å². The van der Waals surface area contributed by atoms with Crippen LogP contribution in [0.4, 0.5) is 10.1 Å². The van der Waals surface area contributed by atoms with Crippen LogP contribution in [-0.2, 0) is 0 Å². The van der Waals surface area contributed by atoms with Gasteiger partial charge in [-0.1, -0.05) is 0 Å². The molecule has 3 N–H and O–H groups in total. The minimum absolute atomic E-state index is 0.157. The maximum atomic E-state index is 12.9. The molecule has 0 aliphatic rings. The summed E-state index contributed by atoms with van der Waals surface area (Å²) >= 11 is 0. The lowest BCUT2D eigenvalue weighted by molar-refractivity contribution is 0.628. The first-order valence-electron chi connectivity index (χ1n) is 3.58. The summed E-state index contributed by atoms with van der Waals surface area (Å²) in [4.78, 5) is 6.82. The summed E-state index contributed by atoms with van der Waals surface area (Å²) in [6, 6.07) is 1.78. The van der Waals surface area contributed by atoms with Crippen molar-refractivity contribution in [3.8, 4) is 0 Å². The maximum absolute atomic E-state index is 12.9. The summed E-state index contributed by atoms with van der Waals surface area (Å²) in [5.41, 5.74) is 7.21. The van der Waals surface area contributed by atoms with E-state index in [1.54, 1.807) is 6.07 Å². The standard InChI is InChI=1S/C8H8FN3/c1-4-2-5-7(10)6(9)3-11-8(5)12-4/h2-3H,1H3,(H3,10,11,12). The fourth-order valence-electron chi connectivity index (χ4n) is 1.20. The van der Waals surface area contributed by atoms with Crippen molar-refractivity contribution in [3.63, 3.8) is 0 Å².